The van der Waals surface area contributed by atoms with Gasteiger partial charge in [0.05, 0.1) is 6.04 Å². The highest BCUT2D eigenvalue weighted by atomic mass is 79.9. The topological polar surface area (TPSA) is 12.0 Å². The summed E-state index contributed by atoms with van der Waals surface area (Å²) < 4.78 is 1.12. The molecule has 2 heteroatoms. The van der Waals surface area contributed by atoms with Crippen molar-refractivity contribution < 1.29 is 0 Å². The Kier molecular flexibility index (Phi) is 5.17. The van der Waals surface area contributed by atoms with Crippen molar-refractivity contribution in [3.8, 4) is 0 Å². The van der Waals surface area contributed by atoms with Crippen LogP contribution >= 0.6 is 15.9 Å². The van der Waals surface area contributed by atoms with E-state index in [1.807, 2.05) is 0 Å². The van der Waals surface area contributed by atoms with Crippen molar-refractivity contribution in [2.75, 3.05) is 6.54 Å². The van der Waals surface area contributed by atoms with Crippen molar-refractivity contribution in [1.29, 1.82) is 0 Å². The second-order valence-electron chi connectivity index (χ2n) is 4.59. The third-order valence-electron chi connectivity index (χ3n) is 3.36. The summed E-state index contributed by atoms with van der Waals surface area (Å²) in [6.45, 7) is 5.32. The van der Waals surface area contributed by atoms with Gasteiger partial charge in [-0.15, -0.1) is 0 Å². The largest absolute Gasteiger partial charge is 0.307 e. The van der Waals surface area contributed by atoms with Crippen molar-refractivity contribution in [2.24, 2.45) is 0 Å². The van der Waals surface area contributed by atoms with E-state index in [4.69, 9.17) is 0 Å². The molecule has 0 bridgehead atoms. The minimum Gasteiger partial charge on any atom is -0.307 e. The molecule has 1 atom stereocenters. The summed E-state index contributed by atoms with van der Waals surface area (Å²) in [5.41, 5.74) is 4.11. The van der Waals surface area contributed by atoms with Crippen molar-refractivity contribution in [3.05, 3.63) is 69.7 Å². The van der Waals surface area contributed by atoms with E-state index in [1.54, 1.807) is 0 Å². The molecule has 0 saturated carbocycles. The van der Waals surface area contributed by atoms with Crippen LogP contribution in [-0.4, -0.2) is 6.54 Å². The second-order valence-corrected chi connectivity index (χ2v) is 5.51. The molecule has 0 aliphatic heterocycles. The maximum Gasteiger partial charge on any atom is 0.0579 e. The van der Waals surface area contributed by atoms with Crippen molar-refractivity contribution in [3.63, 3.8) is 0 Å². The van der Waals surface area contributed by atoms with Crippen LogP contribution in [0.1, 0.15) is 36.6 Å². The highest BCUT2D eigenvalue weighted by molar-refractivity contribution is 9.10. The molecule has 1 unspecified atom stereocenters. The highest BCUT2D eigenvalue weighted by Gasteiger charge is 2.15. The van der Waals surface area contributed by atoms with Gasteiger partial charge in [-0.1, -0.05) is 66.2 Å². The van der Waals surface area contributed by atoms with E-state index in [-0.39, 0.29) is 6.04 Å². The predicted molar refractivity (Wildman–Crippen MR) is 85.5 cm³/mol. The first-order valence-electron chi connectivity index (χ1n) is 6.83. The summed E-state index contributed by atoms with van der Waals surface area (Å²) in [7, 11) is 0. The second kappa shape index (κ2) is 6.88. The Morgan fingerprint density at radius 3 is 2.32 bits per heavy atom. The van der Waals surface area contributed by atoms with Crippen LogP contribution in [0.25, 0.3) is 0 Å². The van der Waals surface area contributed by atoms with Crippen LogP contribution in [0.3, 0.4) is 0 Å². The van der Waals surface area contributed by atoms with Gasteiger partial charge in [-0.2, -0.15) is 0 Å². The van der Waals surface area contributed by atoms with E-state index < -0.39 is 0 Å². The van der Waals surface area contributed by atoms with Gasteiger partial charge in [-0.05, 0) is 41.8 Å². The Hall–Kier alpha value is -1.12. The van der Waals surface area contributed by atoms with E-state index >= 15 is 0 Å². The number of hydrogen-bond donors (Lipinski definition) is 1. The van der Waals surface area contributed by atoms with Crippen molar-refractivity contribution in [1.82, 2.24) is 5.32 Å². The third-order valence-corrected chi connectivity index (χ3v) is 3.89. The predicted octanol–water partition coefficient (Wildman–Crippen LogP) is 4.71. The van der Waals surface area contributed by atoms with E-state index in [9.17, 15) is 0 Å². The standard InChI is InChI=1S/C17H20BrN/c1-3-13-7-5-6-8-16(13)17(19-4-2)14-9-11-15(18)12-10-14/h5-12,17,19H,3-4H2,1-2H3. The molecule has 19 heavy (non-hydrogen) atoms. The first-order chi connectivity index (χ1) is 9.26. The molecule has 0 amide bonds. The molecular formula is C17H20BrN. The SMILES string of the molecule is CCNC(c1ccc(Br)cc1)c1ccccc1CC. The Balaban J connectivity index is 2.42. The molecular weight excluding hydrogens is 298 g/mol. The van der Waals surface area contributed by atoms with Crippen LogP contribution in [-0.2, 0) is 6.42 Å². The first kappa shape index (κ1) is 14.3. The van der Waals surface area contributed by atoms with Crippen LogP contribution in [0.2, 0.25) is 0 Å². The molecule has 0 aliphatic rings. The molecule has 2 rings (SSSR count). The van der Waals surface area contributed by atoms with Gasteiger partial charge in [0.15, 0.2) is 0 Å². The van der Waals surface area contributed by atoms with Gasteiger partial charge in [0, 0.05) is 4.47 Å². The Morgan fingerprint density at radius 2 is 1.68 bits per heavy atom. The van der Waals surface area contributed by atoms with Crippen LogP contribution in [0.5, 0.6) is 0 Å². The average molecular weight is 318 g/mol. The van der Waals surface area contributed by atoms with E-state index in [2.05, 4.69) is 83.6 Å². The molecule has 0 saturated heterocycles. The van der Waals surface area contributed by atoms with Crippen LogP contribution in [0.4, 0.5) is 0 Å². The van der Waals surface area contributed by atoms with Crippen LogP contribution in [0, 0.1) is 0 Å². The first-order valence-corrected chi connectivity index (χ1v) is 7.62. The average Bonchev–Trinajstić information content (AvgIpc) is 2.46. The third kappa shape index (κ3) is 3.46. The molecule has 100 valence electrons. The zero-order chi connectivity index (χ0) is 13.7. The fraction of sp³-hybridized carbons (Fsp3) is 0.294. The fourth-order valence-corrected chi connectivity index (χ4v) is 2.67. The monoisotopic (exact) mass is 317 g/mol. The van der Waals surface area contributed by atoms with E-state index in [1.165, 1.54) is 16.7 Å². The van der Waals surface area contributed by atoms with E-state index in [0.717, 1.165) is 17.4 Å². The summed E-state index contributed by atoms with van der Waals surface area (Å²) in [5.74, 6) is 0. The number of aryl methyl sites for hydroxylation is 1. The lowest BCUT2D eigenvalue weighted by Crippen LogP contribution is -2.23. The van der Waals surface area contributed by atoms with Gasteiger partial charge in [0.1, 0.15) is 0 Å². The maximum absolute atomic E-state index is 3.59. The number of hydrogen-bond acceptors (Lipinski definition) is 1. The molecule has 0 radical (unpaired) electrons. The smallest absolute Gasteiger partial charge is 0.0579 e. The number of nitrogens with one attached hydrogen (secondary N) is 1. The molecule has 0 fully saturated rings. The molecule has 1 N–H and O–H groups in total. The van der Waals surface area contributed by atoms with Gasteiger partial charge in [0.25, 0.3) is 0 Å². The maximum atomic E-state index is 3.59. The molecule has 0 heterocycles. The van der Waals surface area contributed by atoms with Gasteiger partial charge >= 0.3 is 0 Å². The zero-order valence-electron chi connectivity index (χ0n) is 11.5. The summed E-state index contributed by atoms with van der Waals surface area (Å²) in [6.07, 6.45) is 1.06. The number of benzene rings is 2. The quantitative estimate of drug-likeness (QED) is 0.842. The Morgan fingerprint density at radius 1 is 1.00 bits per heavy atom. The minimum absolute atomic E-state index is 0.272. The highest BCUT2D eigenvalue weighted by Crippen LogP contribution is 2.26. The lowest BCUT2D eigenvalue weighted by atomic mass is 9.93. The number of rotatable bonds is 5. The molecule has 0 aliphatic carbocycles. The van der Waals surface area contributed by atoms with Crippen molar-refractivity contribution in [2.45, 2.75) is 26.3 Å². The van der Waals surface area contributed by atoms with Gasteiger partial charge in [0.2, 0.25) is 0 Å². The molecule has 0 spiro atoms. The van der Waals surface area contributed by atoms with Gasteiger partial charge in [-0.25, -0.2) is 0 Å². The van der Waals surface area contributed by atoms with Gasteiger partial charge in [-0.3, -0.25) is 0 Å². The molecule has 2 aromatic carbocycles. The Bertz CT molecular complexity index is 519. The fourth-order valence-electron chi connectivity index (χ4n) is 2.40. The lowest BCUT2D eigenvalue weighted by molar-refractivity contribution is 0.625. The minimum atomic E-state index is 0.272. The van der Waals surface area contributed by atoms with Gasteiger partial charge < -0.3 is 5.32 Å². The summed E-state index contributed by atoms with van der Waals surface area (Å²) in [4.78, 5) is 0. The Labute approximate surface area is 124 Å². The van der Waals surface area contributed by atoms with Crippen LogP contribution in [0.15, 0.2) is 53.0 Å². The normalized spacial score (nSPS) is 12.4. The zero-order valence-corrected chi connectivity index (χ0v) is 13.1. The van der Waals surface area contributed by atoms with E-state index in [0.29, 0.717) is 0 Å². The molecule has 2 aromatic rings. The summed E-state index contributed by atoms with van der Waals surface area (Å²) in [6, 6.07) is 17.5. The summed E-state index contributed by atoms with van der Waals surface area (Å²) >= 11 is 3.50. The van der Waals surface area contributed by atoms with Crippen LogP contribution < -0.4 is 5.32 Å². The lowest BCUT2D eigenvalue weighted by Gasteiger charge is -2.21. The molecule has 1 nitrogen and oxygen atoms in total. The van der Waals surface area contributed by atoms with Crippen molar-refractivity contribution >= 4 is 15.9 Å². The summed E-state index contributed by atoms with van der Waals surface area (Å²) in [5, 5.41) is 3.59. The molecule has 0 aromatic heterocycles. The number of halogens is 1.